The zero-order valence-corrected chi connectivity index (χ0v) is 18.1. The van der Waals surface area contributed by atoms with Gasteiger partial charge in [-0.25, -0.2) is 4.57 Å². The van der Waals surface area contributed by atoms with Crippen LogP contribution in [0.15, 0.2) is 18.2 Å². The van der Waals surface area contributed by atoms with Crippen molar-refractivity contribution in [1.29, 1.82) is 0 Å². The summed E-state index contributed by atoms with van der Waals surface area (Å²) in [6.45, 7) is 2.28. The van der Waals surface area contributed by atoms with Gasteiger partial charge in [-0.15, -0.1) is 0 Å². The number of rotatable bonds is 12. The molecule has 0 radical (unpaired) electrons. The smallest absolute Gasteiger partial charge is 0.469 e. The first kappa shape index (κ1) is 25.1. The maximum absolute atomic E-state index is 13.5. The molecule has 6 nitrogen and oxygen atoms in total. The van der Waals surface area contributed by atoms with Crippen LogP contribution in [0.5, 0.6) is 5.75 Å². The summed E-state index contributed by atoms with van der Waals surface area (Å²) in [5.41, 5.74) is -0.385. The van der Waals surface area contributed by atoms with Crippen LogP contribution in [-0.4, -0.2) is 35.1 Å². The molecule has 1 heterocycles. The molecule has 1 aliphatic heterocycles. The molecule has 30 heavy (non-hydrogen) atoms. The summed E-state index contributed by atoms with van der Waals surface area (Å²) in [6, 6.07) is 3.75. The first-order valence-electron chi connectivity index (χ1n) is 10.4. The van der Waals surface area contributed by atoms with E-state index in [9.17, 15) is 17.7 Å². The van der Waals surface area contributed by atoms with E-state index < -0.39 is 25.7 Å². The van der Waals surface area contributed by atoms with E-state index in [0.717, 1.165) is 44.6 Å². The summed E-state index contributed by atoms with van der Waals surface area (Å²) in [5, 5.41) is 2.99. The number of nitrogens with one attached hydrogen (secondary N) is 1. The van der Waals surface area contributed by atoms with E-state index in [-0.39, 0.29) is 24.0 Å². The van der Waals surface area contributed by atoms with Crippen LogP contribution in [0.2, 0.25) is 0 Å². The minimum absolute atomic E-state index is 0.136. The average Bonchev–Trinajstić information content (AvgIpc) is 3.10. The summed E-state index contributed by atoms with van der Waals surface area (Å²) in [5.74, 6) is 0.136. The average molecular weight is 453 g/mol. The Hall–Kier alpha value is -1.12. The number of alkyl halides is 3. The number of phosphoric acid groups is 1. The molecule has 172 valence electrons. The summed E-state index contributed by atoms with van der Waals surface area (Å²) < 4.78 is 61.5. The van der Waals surface area contributed by atoms with Crippen molar-refractivity contribution in [2.75, 3.05) is 13.2 Å². The molecule has 1 aliphatic rings. The minimum Gasteiger partial charge on any atom is -0.489 e. The second-order valence-electron chi connectivity index (χ2n) is 7.70. The van der Waals surface area contributed by atoms with Gasteiger partial charge in [0.05, 0.1) is 12.2 Å². The van der Waals surface area contributed by atoms with E-state index in [1.54, 1.807) is 6.07 Å². The summed E-state index contributed by atoms with van der Waals surface area (Å²) in [6.07, 6.45) is 1.99. The molecule has 0 aromatic heterocycles. The van der Waals surface area contributed by atoms with Gasteiger partial charge in [0.2, 0.25) is 0 Å². The van der Waals surface area contributed by atoms with Crippen LogP contribution >= 0.6 is 7.82 Å². The topological polar surface area (TPSA) is 88.0 Å². The summed E-state index contributed by atoms with van der Waals surface area (Å²) in [4.78, 5) is 17.5. The molecular formula is C20H31F3NO5P. The van der Waals surface area contributed by atoms with Crippen molar-refractivity contribution in [3.8, 4) is 5.75 Å². The third-order valence-electron chi connectivity index (χ3n) is 5.11. The third-order valence-corrected chi connectivity index (χ3v) is 5.60. The van der Waals surface area contributed by atoms with Crippen LogP contribution in [0.3, 0.4) is 0 Å². The Morgan fingerprint density at radius 2 is 1.87 bits per heavy atom. The molecule has 3 N–H and O–H groups in total. The van der Waals surface area contributed by atoms with Gasteiger partial charge in [0.15, 0.2) is 0 Å². The molecule has 0 aliphatic carbocycles. The van der Waals surface area contributed by atoms with Crippen LogP contribution in [0.25, 0.3) is 0 Å². The lowest BCUT2D eigenvalue weighted by molar-refractivity contribution is -0.138. The lowest BCUT2D eigenvalue weighted by Gasteiger charge is -2.18. The van der Waals surface area contributed by atoms with Crippen molar-refractivity contribution >= 4 is 7.82 Å². The van der Waals surface area contributed by atoms with E-state index in [4.69, 9.17) is 14.5 Å². The van der Waals surface area contributed by atoms with Gasteiger partial charge in [0.1, 0.15) is 11.9 Å². The number of unbranched alkanes of at least 4 members (excludes halogenated alkanes) is 5. The fourth-order valence-electron chi connectivity index (χ4n) is 3.58. The van der Waals surface area contributed by atoms with Crippen molar-refractivity contribution in [3.05, 3.63) is 29.3 Å². The molecule has 0 amide bonds. The molecule has 0 bridgehead atoms. The van der Waals surface area contributed by atoms with Crippen LogP contribution in [0.1, 0.15) is 63.0 Å². The number of phosphoric ester groups is 1. The predicted molar refractivity (Wildman–Crippen MR) is 107 cm³/mol. The fraction of sp³-hybridized carbons (Fsp3) is 0.700. The summed E-state index contributed by atoms with van der Waals surface area (Å²) in [7, 11) is -4.56. The highest BCUT2D eigenvalue weighted by molar-refractivity contribution is 7.46. The zero-order chi connectivity index (χ0) is 22.2. The third kappa shape index (κ3) is 8.94. The van der Waals surface area contributed by atoms with E-state index in [1.807, 2.05) is 0 Å². The maximum Gasteiger partial charge on any atom is 0.469 e. The highest BCUT2D eigenvalue weighted by Gasteiger charge is 2.34. The molecule has 1 aromatic carbocycles. The monoisotopic (exact) mass is 453 g/mol. The predicted octanol–water partition coefficient (Wildman–Crippen LogP) is 4.83. The summed E-state index contributed by atoms with van der Waals surface area (Å²) >= 11 is 0. The Balaban J connectivity index is 1.92. The highest BCUT2D eigenvalue weighted by atomic mass is 31.2. The molecule has 2 rings (SSSR count). The zero-order valence-electron chi connectivity index (χ0n) is 17.2. The number of ether oxygens (including phenoxy) is 1. The van der Waals surface area contributed by atoms with E-state index in [1.165, 1.54) is 6.07 Å². The van der Waals surface area contributed by atoms with Gasteiger partial charge in [-0.3, -0.25) is 4.52 Å². The Bertz CT molecular complexity index is 710. The van der Waals surface area contributed by atoms with Crippen molar-refractivity contribution in [2.24, 2.45) is 0 Å². The lowest BCUT2D eigenvalue weighted by Crippen LogP contribution is -2.26. The van der Waals surface area contributed by atoms with E-state index >= 15 is 0 Å². The Morgan fingerprint density at radius 3 is 2.53 bits per heavy atom. The molecule has 1 saturated heterocycles. The number of halogens is 3. The number of hydrogen-bond donors (Lipinski definition) is 3. The quantitative estimate of drug-likeness (QED) is 0.311. The number of aryl methyl sites for hydroxylation is 1. The largest absolute Gasteiger partial charge is 0.489 e. The molecule has 0 unspecified atom stereocenters. The highest BCUT2D eigenvalue weighted by Crippen LogP contribution is 2.37. The minimum atomic E-state index is -4.56. The molecule has 2 atom stereocenters. The van der Waals surface area contributed by atoms with E-state index in [0.29, 0.717) is 19.4 Å². The SMILES string of the molecule is CCCCCCCCc1ccc(O[C@H]2CN[C@H](COP(=O)(O)O)C2)cc1C(F)(F)F. The van der Waals surface area contributed by atoms with Crippen LogP contribution < -0.4 is 10.1 Å². The molecular weight excluding hydrogens is 422 g/mol. The van der Waals surface area contributed by atoms with Crippen molar-refractivity contribution < 1.29 is 36.8 Å². The van der Waals surface area contributed by atoms with Crippen molar-refractivity contribution in [2.45, 2.75) is 76.6 Å². The van der Waals surface area contributed by atoms with Crippen LogP contribution in [0, 0.1) is 0 Å². The van der Waals surface area contributed by atoms with Crippen molar-refractivity contribution in [1.82, 2.24) is 5.32 Å². The first-order chi connectivity index (χ1) is 14.1. The van der Waals surface area contributed by atoms with Gasteiger partial charge in [-0.05, 0) is 30.5 Å². The number of benzene rings is 1. The number of hydrogen-bond acceptors (Lipinski definition) is 4. The molecule has 1 aromatic rings. The molecule has 0 saturated carbocycles. The maximum atomic E-state index is 13.5. The van der Waals surface area contributed by atoms with Gasteiger partial charge in [0, 0.05) is 19.0 Å². The van der Waals surface area contributed by atoms with Gasteiger partial charge < -0.3 is 19.8 Å². The van der Waals surface area contributed by atoms with E-state index in [2.05, 4.69) is 16.8 Å². The van der Waals surface area contributed by atoms with Gasteiger partial charge in [0.25, 0.3) is 0 Å². The Morgan fingerprint density at radius 1 is 1.17 bits per heavy atom. The first-order valence-corrected chi connectivity index (χ1v) is 11.9. The fourth-order valence-corrected chi connectivity index (χ4v) is 3.96. The molecule has 0 spiro atoms. The van der Waals surface area contributed by atoms with Crippen LogP contribution in [0.4, 0.5) is 13.2 Å². The molecule has 10 heteroatoms. The van der Waals surface area contributed by atoms with Gasteiger partial charge in [-0.2, -0.15) is 13.2 Å². The second-order valence-corrected chi connectivity index (χ2v) is 8.94. The van der Waals surface area contributed by atoms with Gasteiger partial charge >= 0.3 is 14.0 Å². The van der Waals surface area contributed by atoms with Crippen molar-refractivity contribution in [3.63, 3.8) is 0 Å². The second kappa shape index (κ2) is 11.5. The Kier molecular flexibility index (Phi) is 9.63. The standard InChI is InChI=1S/C20H31F3NO5P/c1-2-3-4-5-6-7-8-15-9-10-17(12-19(15)20(21,22)23)29-18-11-16(24-13-18)14-28-30(25,26)27/h9-10,12,16,18,24H,2-8,11,13-14H2,1H3,(H2,25,26,27)/t16-,18+/m0/s1. The normalized spacial score (nSPS) is 19.9. The van der Waals surface area contributed by atoms with Gasteiger partial charge in [-0.1, -0.05) is 45.1 Å². The molecule has 1 fully saturated rings. The van der Waals surface area contributed by atoms with Crippen LogP contribution in [-0.2, 0) is 21.7 Å². The lowest BCUT2D eigenvalue weighted by atomic mass is 9.99. The Labute approximate surface area is 175 Å².